The Morgan fingerprint density at radius 1 is 0.917 bits per heavy atom. The zero-order valence-corrected chi connectivity index (χ0v) is 15.2. The third-order valence-electron chi connectivity index (χ3n) is 3.51. The van der Waals surface area contributed by atoms with Crippen molar-refractivity contribution in [3.63, 3.8) is 0 Å². The van der Waals surface area contributed by atoms with E-state index in [-0.39, 0.29) is 5.56 Å². The molecule has 2 aromatic rings. The molecule has 7 nitrogen and oxygen atoms in total. The first-order valence-corrected chi connectivity index (χ1v) is 10.3. The molecule has 1 saturated heterocycles. The van der Waals surface area contributed by atoms with E-state index in [1.165, 1.54) is 12.1 Å². The molecule has 0 aliphatic carbocycles. The Bertz CT molecular complexity index is 987. The van der Waals surface area contributed by atoms with Crippen molar-refractivity contribution in [1.29, 1.82) is 0 Å². The van der Waals surface area contributed by atoms with Crippen LogP contribution >= 0.6 is 15.9 Å². The van der Waals surface area contributed by atoms with Gasteiger partial charge in [-0.25, -0.2) is 0 Å². The molecule has 0 amide bonds. The van der Waals surface area contributed by atoms with Gasteiger partial charge in [-0.1, -0.05) is 42.5 Å². The number of fused-ring (bicyclic) bond motifs is 1. The van der Waals surface area contributed by atoms with Crippen LogP contribution in [0.25, 0.3) is 10.8 Å². The molecule has 10 heteroatoms. The molecule has 0 spiro atoms. The van der Waals surface area contributed by atoms with E-state index in [1.54, 1.807) is 30.3 Å². The number of halogens is 1. The molecule has 0 atom stereocenters. The Morgan fingerprint density at radius 3 is 2.08 bits per heavy atom. The second-order valence-corrected chi connectivity index (χ2v) is 11.0. The number of hydrogen-bond donors (Lipinski definition) is 0. The van der Waals surface area contributed by atoms with Crippen molar-refractivity contribution in [3.05, 3.63) is 48.0 Å². The van der Waals surface area contributed by atoms with Gasteiger partial charge in [0, 0.05) is 5.56 Å². The van der Waals surface area contributed by atoms with Gasteiger partial charge < -0.3 is 0 Å². The first-order chi connectivity index (χ1) is 11.2. The molecule has 1 aliphatic heterocycles. The number of carbonyl (C=O) groups is 1. The van der Waals surface area contributed by atoms with Gasteiger partial charge in [0.05, 0.1) is 13.2 Å². The van der Waals surface area contributed by atoms with Gasteiger partial charge in [0.2, 0.25) is 5.78 Å². The molecule has 1 aliphatic rings. The Balaban J connectivity index is 2.30. The molecule has 3 rings (SSSR count). The molecule has 1 fully saturated rings. The van der Waals surface area contributed by atoms with E-state index in [1.807, 2.05) is 0 Å². The van der Waals surface area contributed by atoms with E-state index in [2.05, 4.69) is 24.3 Å². The Labute approximate surface area is 146 Å². The average Bonchev–Trinajstić information content (AvgIpc) is 2.63. The van der Waals surface area contributed by atoms with Gasteiger partial charge in [-0.15, -0.1) is 0 Å². The van der Waals surface area contributed by atoms with E-state index < -0.39 is 42.2 Å². The Hall–Kier alpha value is -1.33. The summed E-state index contributed by atoms with van der Waals surface area (Å²) in [5, 5.41) is 1.07. The predicted molar refractivity (Wildman–Crippen MR) is 89.7 cm³/mol. The van der Waals surface area contributed by atoms with Crippen LogP contribution in [0.5, 0.6) is 0 Å². The van der Waals surface area contributed by atoms with Gasteiger partial charge in [-0.05, 0) is 26.7 Å². The van der Waals surface area contributed by atoms with E-state index >= 15 is 0 Å². The highest BCUT2D eigenvalue weighted by Gasteiger charge is 2.63. The first kappa shape index (κ1) is 17.5. The van der Waals surface area contributed by atoms with Crippen molar-refractivity contribution in [3.8, 4) is 0 Å². The first-order valence-electron chi connectivity index (χ1n) is 6.70. The van der Waals surface area contributed by atoms with Crippen LogP contribution in [0.4, 0.5) is 0 Å². The summed E-state index contributed by atoms with van der Waals surface area (Å²) in [5.74, 6) is -1.19. The fourth-order valence-electron chi connectivity index (χ4n) is 2.38. The molecule has 1 heterocycles. The standard InChI is InChI=1S/C14H11BrO7S2/c15-14(23(17,18)21-8-9-22-24(14,19)20)13(16)12-7-3-5-10-4-1-2-6-11(10)12/h1-7H,8-9H2. The van der Waals surface area contributed by atoms with Gasteiger partial charge in [-0.2, -0.15) is 16.8 Å². The summed E-state index contributed by atoms with van der Waals surface area (Å²) in [7, 11) is -9.66. The summed E-state index contributed by atoms with van der Waals surface area (Å²) in [4.78, 5) is 13.0. The van der Waals surface area contributed by atoms with Crippen molar-refractivity contribution in [1.82, 2.24) is 0 Å². The number of Topliss-reactive ketones (excluding diaryl/α,β-unsaturated/α-hetero) is 1. The molecule has 0 N–H and O–H groups in total. The van der Waals surface area contributed by atoms with Crippen molar-refractivity contribution in [2.24, 2.45) is 0 Å². The normalized spacial score (nSPS) is 21.9. The molecular weight excluding hydrogens is 424 g/mol. The molecule has 2 aromatic carbocycles. The number of benzene rings is 2. The van der Waals surface area contributed by atoms with Gasteiger partial charge in [-0.3, -0.25) is 13.2 Å². The average molecular weight is 435 g/mol. The molecule has 24 heavy (non-hydrogen) atoms. The van der Waals surface area contributed by atoms with E-state index in [0.717, 1.165) is 0 Å². The highest BCUT2D eigenvalue weighted by molar-refractivity contribution is 9.13. The van der Waals surface area contributed by atoms with Crippen molar-refractivity contribution < 1.29 is 30.0 Å². The minimum Gasteiger partial charge on any atom is -0.290 e. The molecule has 0 aromatic heterocycles. The predicted octanol–water partition coefficient (Wildman–Crippen LogP) is 1.78. The number of ketones is 1. The number of alkyl halides is 1. The highest BCUT2D eigenvalue weighted by atomic mass is 79.9. The molecular formula is C14H11BrO7S2. The smallest absolute Gasteiger partial charge is 0.290 e. The van der Waals surface area contributed by atoms with E-state index in [0.29, 0.717) is 10.8 Å². The lowest BCUT2D eigenvalue weighted by atomic mass is 10.0. The maximum absolute atomic E-state index is 13.0. The molecule has 128 valence electrons. The van der Waals surface area contributed by atoms with E-state index in [4.69, 9.17) is 0 Å². The quantitative estimate of drug-likeness (QED) is 0.402. The van der Waals surface area contributed by atoms with E-state index in [9.17, 15) is 21.6 Å². The topological polar surface area (TPSA) is 104 Å². The third kappa shape index (κ3) is 2.49. The minimum atomic E-state index is -4.83. The van der Waals surface area contributed by atoms with Crippen LogP contribution in [-0.4, -0.2) is 38.8 Å². The summed E-state index contributed by atoms with van der Waals surface area (Å²) >= 11 is 2.60. The summed E-state index contributed by atoms with van der Waals surface area (Å²) in [5.41, 5.74) is -0.0776. The van der Waals surface area contributed by atoms with Gasteiger partial charge in [0.1, 0.15) is 0 Å². The monoisotopic (exact) mass is 434 g/mol. The molecule has 0 saturated carbocycles. The van der Waals surface area contributed by atoms with Crippen LogP contribution in [-0.2, 0) is 28.6 Å². The SMILES string of the molecule is O=C(c1cccc2ccccc12)C1(Br)S(=O)(=O)OCCOS1(=O)=O. The zero-order valence-electron chi connectivity index (χ0n) is 12.0. The summed E-state index contributed by atoms with van der Waals surface area (Å²) in [6, 6.07) is 11.3. The Kier molecular flexibility index (Phi) is 4.29. The van der Waals surface area contributed by atoms with Crippen LogP contribution in [0.2, 0.25) is 0 Å². The second-order valence-electron chi connectivity index (χ2n) is 4.94. The van der Waals surface area contributed by atoms with Crippen molar-refractivity contribution in [2.75, 3.05) is 13.2 Å². The summed E-state index contributed by atoms with van der Waals surface area (Å²) in [6.45, 7) is -1.00. The maximum atomic E-state index is 13.0. The van der Waals surface area contributed by atoms with Gasteiger partial charge in [0.25, 0.3) is 0 Å². The number of hydrogen-bond acceptors (Lipinski definition) is 7. The molecule has 0 bridgehead atoms. The zero-order chi connectivity index (χ0) is 17.6. The van der Waals surface area contributed by atoms with Crippen LogP contribution < -0.4 is 0 Å². The second kappa shape index (κ2) is 5.88. The largest absolute Gasteiger partial charge is 0.337 e. The van der Waals surface area contributed by atoms with Crippen LogP contribution in [0.1, 0.15) is 10.4 Å². The number of rotatable bonds is 2. The van der Waals surface area contributed by atoms with Crippen molar-refractivity contribution in [2.45, 2.75) is 2.99 Å². The highest BCUT2D eigenvalue weighted by Crippen LogP contribution is 2.40. The molecule has 0 unspecified atom stereocenters. The van der Waals surface area contributed by atoms with Crippen LogP contribution in [0.3, 0.4) is 0 Å². The fourth-order valence-corrected chi connectivity index (χ4v) is 5.99. The summed E-state index contributed by atoms with van der Waals surface area (Å²) in [6.07, 6.45) is 0. The maximum Gasteiger partial charge on any atom is 0.337 e. The van der Waals surface area contributed by atoms with Gasteiger partial charge in [0.15, 0.2) is 0 Å². The molecule has 0 radical (unpaired) electrons. The minimum absolute atomic E-state index is 0.0776. The fraction of sp³-hybridized carbons (Fsp3) is 0.214. The lowest BCUT2D eigenvalue weighted by Crippen LogP contribution is -2.47. The lowest BCUT2D eigenvalue weighted by Gasteiger charge is -2.22. The van der Waals surface area contributed by atoms with Gasteiger partial charge >= 0.3 is 23.2 Å². The Morgan fingerprint density at radius 2 is 1.46 bits per heavy atom. The third-order valence-corrected chi connectivity index (χ3v) is 10.1. The van der Waals surface area contributed by atoms with Crippen molar-refractivity contribution >= 4 is 52.7 Å². The van der Waals surface area contributed by atoms with Crippen LogP contribution in [0, 0.1) is 0 Å². The lowest BCUT2D eigenvalue weighted by molar-refractivity contribution is 0.0997. The number of carbonyl (C=O) groups excluding carboxylic acids is 1. The summed E-state index contributed by atoms with van der Waals surface area (Å²) < 4.78 is 55.5. The van der Waals surface area contributed by atoms with Crippen LogP contribution in [0.15, 0.2) is 42.5 Å².